The van der Waals surface area contributed by atoms with Crippen molar-refractivity contribution in [2.24, 2.45) is 5.92 Å². The Bertz CT molecular complexity index is 1420. The quantitative estimate of drug-likeness (QED) is 0.381. The molecule has 0 aromatic heterocycles. The monoisotopic (exact) mass is 510 g/mol. The highest BCUT2D eigenvalue weighted by Crippen LogP contribution is 2.52. The minimum Gasteiger partial charge on any atom is -0.497 e. The predicted molar refractivity (Wildman–Crippen MR) is 139 cm³/mol. The number of hydrogen-bond donors (Lipinski definition) is 2. The van der Waals surface area contributed by atoms with E-state index in [1.165, 1.54) is 0 Å². The molecule has 3 aromatic carbocycles. The van der Waals surface area contributed by atoms with E-state index in [-0.39, 0.29) is 22.8 Å². The summed E-state index contributed by atoms with van der Waals surface area (Å²) in [6.07, 6.45) is 5.22. The van der Waals surface area contributed by atoms with E-state index in [0.717, 1.165) is 34.7 Å². The van der Waals surface area contributed by atoms with Gasteiger partial charge in [-0.1, -0.05) is 29.8 Å². The molecule has 0 fully saturated rings. The average molecular weight is 511 g/mol. The number of hydrogen-bond acceptors (Lipinski definition) is 5. The molecule has 2 N–H and O–H groups in total. The molecule has 1 aliphatic carbocycles. The molecular weight excluding hydrogens is 484 g/mol. The summed E-state index contributed by atoms with van der Waals surface area (Å²) in [5.74, 6) is 1.84. The van der Waals surface area contributed by atoms with Gasteiger partial charge in [-0.25, -0.2) is 8.42 Å². The van der Waals surface area contributed by atoms with Gasteiger partial charge in [0.1, 0.15) is 11.5 Å². The Labute approximate surface area is 211 Å². The van der Waals surface area contributed by atoms with Gasteiger partial charge in [-0.05, 0) is 78.9 Å². The highest BCUT2D eigenvalue weighted by Gasteiger charge is 2.39. The summed E-state index contributed by atoms with van der Waals surface area (Å²) >= 11 is 6.18. The van der Waals surface area contributed by atoms with Crippen molar-refractivity contribution in [1.29, 1.82) is 0 Å². The van der Waals surface area contributed by atoms with Gasteiger partial charge >= 0.3 is 0 Å². The first kappa shape index (κ1) is 23.6. The lowest BCUT2D eigenvalue weighted by atomic mass is 9.77. The molecule has 35 heavy (non-hydrogen) atoms. The predicted octanol–water partition coefficient (Wildman–Crippen LogP) is 6.29. The Hall–Kier alpha value is -3.16. The second-order valence-corrected chi connectivity index (χ2v) is 10.9. The van der Waals surface area contributed by atoms with E-state index in [0.29, 0.717) is 16.3 Å². The van der Waals surface area contributed by atoms with Crippen molar-refractivity contribution >= 4 is 33.0 Å². The molecule has 3 atom stereocenters. The molecule has 6 nitrogen and oxygen atoms in total. The Morgan fingerprint density at radius 2 is 1.86 bits per heavy atom. The number of methoxy groups -OCH3 is 2. The highest BCUT2D eigenvalue weighted by molar-refractivity contribution is 7.92. The second-order valence-electron chi connectivity index (χ2n) is 8.85. The molecule has 3 aromatic rings. The zero-order valence-electron chi connectivity index (χ0n) is 19.7. The summed E-state index contributed by atoms with van der Waals surface area (Å²) in [5, 5.41) is 4.16. The van der Waals surface area contributed by atoms with Crippen molar-refractivity contribution < 1.29 is 17.9 Å². The van der Waals surface area contributed by atoms with Crippen LogP contribution in [0.15, 0.2) is 71.6 Å². The van der Waals surface area contributed by atoms with E-state index in [9.17, 15) is 8.42 Å². The van der Waals surface area contributed by atoms with Crippen molar-refractivity contribution in [2.45, 2.75) is 30.2 Å². The molecule has 1 aliphatic heterocycles. The van der Waals surface area contributed by atoms with Gasteiger partial charge in [-0.15, -0.1) is 0 Å². The molecule has 182 valence electrons. The van der Waals surface area contributed by atoms with Gasteiger partial charge in [0.2, 0.25) is 0 Å². The number of nitrogens with one attached hydrogen (secondary N) is 2. The molecule has 8 heteroatoms. The fourth-order valence-corrected chi connectivity index (χ4v) is 6.38. The fourth-order valence-electron chi connectivity index (χ4n) is 5.05. The molecule has 0 amide bonds. The summed E-state index contributed by atoms with van der Waals surface area (Å²) in [7, 11) is -0.483. The van der Waals surface area contributed by atoms with Gasteiger partial charge in [0.25, 0.3) is 10.0 Å². The number of ether oxygens (including phenoxy) is 2. The van der Waals surface area contributed by atoms with E-state index in [4.69, 9.17) is 21.1 Å². The van der Waals surface area contributed by atoms with Crippen LogP contribution in [0.1, 0.15) is 35.1 Å². The Morgan fingerprint density at radius 3 is 2.63 bits per heavy atom. The molecule has 0 unspecified atom stereocenters. The number of benzene rings is 3. The Balaban J connectivity index is 1.52. The summed E-state index contributed by atoms with van der Waals surface area (Å²) in [6.45, 7) is 1.79. The van der Waals surface area contributed by atoms with Crippen LogP contribution in [-0.2, 0) is 10.0 Å². The van der Waals surface area contributed by atoms with Gasteiger partial charge in [0, 0.05) is 22.2 Å². The SMILES string of the molecule is COc1ccc(OC)c([C@H]2Nc3ccc(S(=O)(=O)Nc4cccc(Cl)c4C)cc3[C@H]3C=CC[C@H]32)c1. The van der Waals surface area contributed by atoms with Gasteiger partial charge in [0.15, 0.2) is 0 Å². The molecular formula is C27H27ClN2O4S. The van der Waals surface area contributed by atoms with Crippen LogP contribution in [0.4, 0.5) is 11.4 Å². The Morgan fingerprint density at radius 1 is 1.03 bits per heavy atom. The number of rotatable bonds is 6. The van der Waals surface area contributed by atoms with Crippen molar-refractivity contribution in [3.05, 3.63) is 88.5 Å². The fraction of sp³-hybridized carbons (Fsp3) is 0.259. The van der Waals surface area contributed by atoms with Crippen LogP contribution in [0.2, 0.25) is 5.02 Å². The molecule has 2 aliphatic rings. The van der Waals surface area contributed by atoms with Crippen LogP contribution in [0, 0.1) is 12.8 Å². The largest absolute Gasteiger partial charge is 0.497 e. The highest BCUT2D eigenvalue weighted by atomic mass is 35.5. The third kappa shape index (κ3) is 4.23. The van der Waals surface area contributed by atoms with Crippen molar-refractivity contribution in [2.75, 3.05) is 24.3 Å². The van der Waals surface area contributed by atoms with Crippen LogP contribution >= 0.6 is 11.6 Å². The lowest BCUT2D eigenvalue weighted by molar-refractivity contribution is 0.374. The van der Waals surface area contributed by atoms with Gasteiger partial charge < -0.3 is 14.8 Å². The second kappa shape index (κ2) is 9.13. The molecule has 0 bridgehead atoms. The van der Waals surface area contributed by atoms with E-state index < -0.39 is 10.0 Å². The van der Waals surface area contributed by atoms with Crippen LogP contribution < -0.4 is 19.5 Å². The molecule has 5 rings (SSSR count). The number of anilines is 2. The summed E-state index contributed by atoms with van der Waals surface area (Å²) < 4.78 is 40.3. The number of halogens is 1. The summed E-state index contributed by atoms with van der Waals surface area (Å²) in [6, 6.07) is 16.2. The van der Waals surface area contributed by atoms with Crippen molar-refractivity contribution in [3.63, 3.8) is 0 Å². The first-order valence-electron chi connectivity index (χ1n) is 11.4. The minimum atomic E-state index is -3.80. The number of allylic oxidation sites excluding steroid dienone is 2. The first-order valence-corrected chi connectivity index (χ1v) is 13.3. The normalized spacial score (nSPS) is 20.5. The molecule has 0 saturated heterocycles. The minimum absolute atomic E-state index is 0.0118. The average Bonchev–Trinajstić information content (AvgIpc) is 3.36. The molecule has 0 radical (unpaired) electrons. The topological polar surface area (TPSA) is 76.7 Å². The zero-order chi connectivity index (χ0) is 24.7. The van der Waals surface area contributed by atoms with Crippen LogP contribution in [0.3, 0.4) is 0 Å². The molecule has 0 spiro atoms. The lowest BCUT2D eigenvalue weighted by Crippen LogP contribution is -2.29. The number of sulfonamides is 1. The first-order chi connectivity index (χ1) is 16.8. The van der Waals surface area contributed by atoms with Crippen LogP contribution in [0.5, 0.6) is 11.5 Å². The van der Waals surface area contributed by atoms with Gasteiger partial charge in [-0.3, -0.25) is 4.72 Å². The standard InChI is InChI=1S/C27H27ClN2O4S/c1-16-23(28)8-5-9-24(16)30-35(31,32)18-11-12-25-21(15-18)19-6-4-7-20(19)27(29-25)22-14-17(33-2)10-13-26(22)34-3/h4-6,8-15,19-20,27,29-30H,7H2,1-3H3/t19-,20+,27-/m0/s1. The molecule has 0 saturated carbocycles. The summed E-state index contributed by atoms with van der Waals surface area (Å²) in [4.78, 5) is 0.217. The van der Waals surface area contributed by atoms with Gasteiger partial charge in [0.05, 0.1) is 30.8 Å². The third-order valence-corrected chi connectivity index (χ3v) is 8.70. The maximum Gasteiger partial charge on any atom is 0.261 e. The summed E-state index contributed by atoms with van der Waals surface area (Å²) in [5.41, 5.74) is 4.05. The number of fused-ring (bicyclic) bond motifs is 3. The van der Waals surface area contributed by atoms with E-state index in [1.807, 2.05) is 24.3 Å². The zero-order valence-corrected chi connectivity index (χ0v) is 21.3. The Kier molecular flexibility index (Phi) is 6.15. The van der Waals surface area contributed by atoms with Gasteiger partial charge in [-0.2, -0.15) is 0 Å². The lowest BCUT2D eigenvalue weighted by Gasteiger charge is -2.38. The smallest absolute Gasteiger partial charge is 0.261 e. The van der Waals surface area contributed by atoms with E-state index >= 15 is 0 Å². The van der Waals surface area contributed by atoms with Crippen LogP contribution in [-0.4, -0.2) is 22.6 Å². The van der Waals surface area contributed by atoms with Crippen molar-refractivity contribution in [3.8, 4) is 11.5 Å². The maximum atomic E-state index is 13.3. The van der Waals surface area contributed by atoms with Crippen LogP contribution in [0.25, 0.3) is 0 Å². The third-order valence-electron chi connectivity index (χ3n) is 6.93. The van der Waals surface area contributed by atoms with E-state index in [2.05, 4.69) is 22.2 Å². The van der Waals surface area contributed by atoms with E-state index in [1.54, 1.807) is 51.5 Å². The molecule has 1 heterocycles. The van der Waals surface area contributed by atoms with Crippen molar-refractivity contribution in [1.82, 2.24) is 0 Å². The maximum absolute atomic E-state index is 13.3.